The third-order valence-corrected chi connectivity index (χ3v) is 0.830. The zero-order chi connectivity index (χ0) is 5.40. The van der Waals surface area contributed by atoms with Gasteiger partial charge in [-0.15, -0.1) is 15.3 Å². The molecular weight excluding hydrogens is 108 g/mol. The quantitative estimate of drug-likeness (QED) is 0.459. The van der Waals surface area contributed by atoms with Crippen molar-refractivity contribution in [3.63, 3.8) is 0 Å². The number of fused-ring (bicyclic) bond motifs is 1. The highest BCUT2D eigenvalue weighted by Crippen LogP contribution is 1.92. The van der Waals surface area contributed by atoms with E-state index >= 15 is 0 Å². The fourth-order valence-electron chi connectivity index (χ4n) is 0.490. The molecule has 0 radical (unpaired) electrons. The lowest BCUT2D eigenvalue weighted by Crippen LogP contribution is -1.74. The summed E-state index contributed by atoms with van der Waals surface area (Å²) in [5.74, 6) is 0. The second-order valence-electron chi connectivity index (χ2n) is 1.31. The molecule has 2 rings (SSSR count). The van der Waals surface area contributed by atoms with Gasteiger partial charge in [-0.2, -0.15) is 5.21 Å². The van der Waals surface area contributed by atoms with Crippen LogP contribution in [0.25, 0.3) is 11.3 Å². The van der Waals surface area contributed by atoms with E-state index in [0.29, 0.717) is 11.3 Å². The number of hydrogen-bond donors (Lipinski definition) is 2. The Morgan fingerprint density at radius 1 is 1.25 bits per heavy atom. The molecule has 0 aromatic carbocycles. The first-order valence-corrected chi connectivity index (χ1v) is 2.04. The van der Waals surface area contributed by atoms with E-state index in [1.807, 2.05) is 0 Å². The molecule has 6 heteroatoms. The smallest absolute Gasteiger partial charge is 0.238 e. The summed E-state index contributed by atoms with van der Waals surface area (Å²) in [6.07, 6.45) is 0. The normalized spacial score (nSPS) is 10.5. The second-order valence-corrected chi connectivity index (χ2v) is 1.31. The van der Waals surface area contributed by atoms with Gasteiger partial charge in [-0.3, -0.25) is 0 Å². The maximum absolute atomic E-state index is 3.66. The first-order chi connectivity index (χ1) is 3.97. The first kappa shape index (κ1) is 3.53. The van der Waals surface area contributed by atoms with Crippen LogP contribution in [0.15, 0.2) is 0 Å². The molecule has 2 aromatic rings. The molecule has 0 amide bonds. The molecule has 8 heavy (non-hydrogen) atoms. The molecule has 0 unspecified atom stereocenters. The minimum absolute atomic E-state index is 0.519. The Kier molecular flexibility index (Phi) is 0.454. The monoisotopic (exact) mass is 110 g/mol. The van der Waals surface area contributed by atoms with Gasteiger partial charge in [0, 0.05) is 0 Å². The summed E-state index contributed by atoms with van der Waals surface area (Å²) < 4.78 is 0. The largest absolute Gasteiger partial charge is 0.243 e. The van der Waals surface area contributed by atoms with Crippen molar-refractivity contribution in [1.29, 1.82) is 0 Å². The molecule has 0 aliphatic carbocycles. The van der Waals surface area contributed by atoms with Crippen LogP contribution >= 0.6 is 0 Å². The highest BCUT2D eigenvalue weighted by atomic mass is 15.4. The zero-order valence-electron chi connectivity index (χ0n) is 3.79. The molecule has 40 valence electrons. The topological polar surface area (TPSA) is 83.1 Å². The number of nitrogens with one attached hydrogen (secondary N) is 2. The summed E-state index contributed by atoms with van der Waals surface area (Å²) in [6.45, 7) is 0. The molecule has 0 fully saturated rings. The van der Waals surface area contributed by atoms with Crippen LogP contribution in [0.5, 0.6) is 0 Å². The number of hydrogen-bond acceptors (Lipinski definition) is 4. The van der Waals surface area contributed by atoms with E-state index in [-0.39, 0.29) is 0 Å². The Morgan fingerprint density at radius 2 is 2.25 bits per heavy atom. The molecule has 2 heterocycles. The van der Waals surface area contributed by atoms with E-state index in [1.165, 1.54) is 0 Å². The number of H-pyrrole nitrogens is 2. The molecule has 0 saturated carbocycles. The van der Waals surface area contributed by atoms with E-state index in [4.69, 9.17) is 0 Å². The number of rotatable bonds is 0. The summed E-state index contributed by atoms with van der Waals surface area (Å²) in [5, 5.41) is 19.2. The van der Waals surface area contributed by atoms with Crippen molar-refractivity contribution in [1.82, 2.24) is 30.8 Å². The van der Waals surface area contributed by atoms with E-state index in [9.17, 15) is 0 Å². The van der Waals surface area contributed by atoms with Crippen LogP contribution in [0.4, 0.5) is 0 Å². The van der Waals surface area contributed by atoms with Gasteiger partial charge < -0.3 is 0 Å². The lowest BCUT2D eigenvalue weighted by atomic mass is 10.8. The molecule has 6 nitrogen and oxygen atoms in total. The number of aromatic amines is 2. The van der Waals surface area contributed by atoms with Crippen molar-refractivity contribution in [2.45, 2.75) is 0 Å². The average molecular weight is 110 g/mol. The Morgan fingerprint density at radius 3 is 3.12 bits per heavy atom. The summed E-state index contributed by atoms with van der Waals surface area (Å²) in [5.41, 5.74) is 1.11. The van der Waals surface area contributed by atoms with Gasteiger partial charge in [0.1, 0.15) is 0 Å². The van der Waals surface area contributed by atoms with Crippen molar-refractivity contribution < 1.29 is 0 Å². The van der Waals surface area contributed by atoms with Gasteiger partial charge in [0.25, 0.3) is 0 Å². The third-order valence-electron chi connectivity index (χ3n) is 0.830. The van der Waals surface area contributed by atoms with E-state index in [0.717, 1.165) is 0 Å². The van der Waals surface area contributed by atoms with Crippen molar-refractivity contribution in [3.05, 3.63) is 0 Å². The molecule has 0 spiro atoms. The van der Waals surface area contributed by atoms with Gasteiger partial charge in [-0.25, -0.2) is 5.10 Å². The van der Waals surface area contributed by atoms with Crippen LogP contribution in [0, 0.1) is 0 Å². The average Bonchev–Trinajstić information content (AvgIpc) is 2.15. The van der Waals surface area contributed by atoms with Crippen LogP contribution in [-0.2, 0) is 0 Å². The molecule has 0 bridgehead atoms. The van der Waals surface area contributed by atoms with Gasteiger partial charge in [0.05, 0.1) is 0 Å². The van der Waals surface area contributed by atoms with Crippen molar-refractivity contribution in [2.75, 3.05) is 0 Å². The van der Waals surface area contributed by atoms with Crippen molar-refractivity contribution >= 4 is 11.3 Å². The summed E-state index contributed by atoms with van der Waals surface area (Å²) in [4.78, 5) is 0. The minimum atomic E-state index is 0.519. The highest BCUT2D eigenvalue weighted by Gasteiger charge is 1.96. The Bertz CT molecular complexity index is 228. The van der Waals surface area contributed by atoms with E-state index in [2.05, 4.69) is 30.8 Å². The van der Waals surface area contributed by atoms with Gasteiger partial charge >= 0.3 is 0 Å². The molecule has 0 atom stereocenters. The van der Waals surface area contributed by atoms with Crippen LogP contribution in [0.3, 0.4) is 0 Å². The summed E-state index contributed by atoms with van der Waals surface area (Å²) in [6, 6.07) is 0. The Balaban J connectivity index is 3.06. The fraction of sp³-hybridized carbons (Fsp3) is 0. The Hall–Kier alpha value is -1.46. The maximum Gasteiger partial charge on any atom is 0.243 e. The third kappa shape index (κ3) is 0.269. The molecule has 2 N–H and O–H groups in total. The number of nitrogens with zero attached hydrogens (tertiary/aromatic N) is 4. The van der Waals surface area contributed by atoms with Crippen LogP contribution < -0.4 is 0 Å². The maximum atomic E-state index is 3.66. The van der Waals surface area contributed by atoms with Gasteiger partial charge in [0.15, 0.2) is 0 Å². The highest BCUT2D eigenvalue weighted by molar-refractivity contribution is 5.61. The lowest BCUT2D eigenvalue weighted by Gasteiger charge is -1.59. The second kappa shape index (κ2) is 1.03. The minimum Gasteiger partial charge on any atom is -0.238 e. The van der Waals surface area contributed by atoms with Crippen LogP contribution in [0.1, 0.15) is 0 Å². The van der Waals surface area contributed by atoms with Crippen molar-refractivity contribution in [2.24, 2.45) is 0 Å². The standard InChI is InChI=1S/C2H2N6/c3-1-2(5-7-3)6-8-4-1/h(H2,3,4,5,6,7,8). The summed E-state index contributed by atoms with van der Waals surface area (Å²) in [7, 11) is 0. The Labute approximate surface area is 43.3 Å². The molecule has 0 saturated heterocycles. The number of aromatic nitrogens is 6. The van der Waals surface area contributed by atoms with Crippen LogP contribution in [-0.4, -0.2) is 30.8 Å². The van der Waals surface area contributed by atoms with Gasteiger partial charge in [-0.1, -0.05) is 5.21 Å². The SMILES string of the molecule is n1nc2n[nH]nc2[nH]1. The predicted molar refractivity (Wildman–Crippen MR) is 23.8 cm³/mol. The molecule has 0 aliphatic rings. The zero-order valence-corrected chi connectivity index (χ0v) is 3.79. The van der Waals surface area contributed by atoms with Crippen molar-refractivity contribution in [3.8, 4) is 0 Å². The molecule has 0 aliphatic heterocycles. The van der Waals surface area contributed by atoms with E-state index in [1.54, 1.807) is 0 Å². The van der Waals surface area contributed by atoms with Gasteiger partial charge in [-0.05, 0) is 0 Å². The van der Waals surface area contributed by atoms with Gasteiger partial charge in [0.2, 0.25) is 11.3 Å². The first-order valence-electron chi connectivity index (χ1n) is 2.04. The molecular formula is C2H2N6. The predicted octanol–water partition coefficient (Wildman–Crippen LogP) is -0.924. The fourth-order valence-corrected chi connectivity index (χ4v) is 0.490. The van der Waals surface area contributed by atoms with Crippen LogP contribution in [0.2, 0.25) is 0 Å². The molecule has 2 aromatic heterocycles. The lowest BCUT2D eigenvalue weighted by molar-refractivity contribution is 0.882. The van der Waals surface area contributed by atoms with E-state index < -0.39 is 0 Å². The summed E-state index contributed by atoms with van der Waals surface area (Å²) >= 11 is 0.